The minimum absolute atomic E-state index is 0.198. The molecule has 0 amide bonds. The Morgan fingerprint density at radius 3 is 2.17 bits per heavy atom. The SMILES string of the molecule is COc1ccc(C[PH](=O)c2ccccc2-c2ccccc2O)cc1. The molecule has 1 N–H and O–H groups in total. The maximum Gasteiger partial charge on any atom is 0.123 e. The van der Waals surface area contributed by atoms with Gasteiger partial charge in [-0.3, -0.25) is 0 Å². The molecule has 1 atom stereocenters. The monoisotopic (exact) mass is 338 g/mol. The summed E-state index contributed by atoms with van der Waals surface area (Å²) in [5.41, 5.74) is 2.54. The van der Waals surface area contributed by atoms with E-state index in [1.807, 2.05) is 60.7 Å². The number of aromatic hydroxyl groups is 1. The first kappa shape index (κ1) is 16.4. The van der Waals surface area contributed by atoms with Gasteiger partial charge in [0.2, 0.25) is 0 Å². The number of ether oxygens (including phenoxy) is 1. The summed E-state index contributed by atoms with van der Waals surface area (Å²) in [6, 6.07) is 22.3. The van der Waals surface area contributed by atoms with Crippen molar-refractivity contribution in [2.45, 2.75) is 6.16 Å². The van der Waals surface area contributed by atoms with E-state index in [9.17, 15) is 9.67 Å². The highest BCUT2D eigenvalue weighted by Crippen LogP contribution is 2.35. The van der Waals surface area contributed by atoms with E-state index in [4.69, 9.17) is 4.74 Å². The molecule has 24 heavy (non-hydrogen) atoms. The minimum Gasteiger partial charge on any atom is -0.507 e. The van der Waals surface area contributed by atoms with Gasteiger partial charge in [0.25, 0.3) is 0 Å². The molecule has 3 aromatic rings. The number of phenols is 1. The first-order chi connectivity index (χ1) is 11.7. The quantitative estimate of drug-likeness (QED) is 0.699. The molecule has 0 radical (unpaired) electrons. The summed E-state index contributed by atoms with van der Waals surface area (Å²) in [6.45, 7) is 0. The van der Waals surface area contributed by atoms with Crippen LogP contribution in [0.3, 0.4) is 0 Å². The van der Waals surface area contributed by atoms with Gasteiger partial charge in [-0.2, -0.15) is 0 Å². The molecule has 122 valence electrons. The summed E-state index contributed by atoms with van der Waals surface area (Å²) in [7, 11) is -0.409. The average molecular weight is 338 g/mol. The second-order valence-electron chi connectivity index (χ2n) is 5.51. The van der Waals surface area contributed by atoms with Gasteiger partial charge in [0.15, 0.2) is 0 Å². The number of hydrogen-bond donors (Lipinski definition) is 1. The third-order valence-electron chi connectivity index (χ3n) is 3.95. The lowest BCUT2D eigenvalue weighted by Gasteiger charge is -2.11. The van der Waals surface area contributed by atoms with Gasteiger partial charge in [-0.25, -0.2) is 0 Å². The Balaban J connectivity index is 1.92. The number of benzene rings is 3. The Bertz CT molecular complexity index is 857. The summed E-state index contributed by atoms with van der Waals surface area (Å²) in [6.07, 6.45) is 0.485. The molecule has 0 saturated carbocycles. The molecule has 1 unspecified atom stereocenters. The number of para-hydroxylation sites is 1. The molecule has 0 bridgehead atoms. The average Bonchev–Trinajstić information content (AvgIpc) is 2.63. The van der Waals surface area contributed by atoms with E-state index in [1.54, 1.807) is 19.2 Å². The number of rotatable bonds is 5. The van der Waals surface area contributed by atoms with Gasteiger partial charge in [0.1, 0.15) is 19.3 Å². The smallest absolute Gasteiger partial charge is 0.123 e. The van der Waals surface area contributed by atoms with Crippen molar-refractivity contribution in [3.8, 4) is 22.6 Å². The van der Waals surface area contributed by atoms with Crippen LogP contribution < -0.4 is 10.0 Å². The van der Waals surface area contributed by atoms with Gasteiger partial charge >= 0.3 is 0 Å². The minimum atomic E-state index is -2.03. The zero-order chi connectivity index (χ0) is 16.9. The zero-order valence-corrected chi connectivity index (χ0v) is 14.4. The molecule has 0 aliphatic carbocycles. The Hall–Kier alpha value is -2.51. The van der Waals surface area contributed by atoms with Crippen molar-refractivity contribution in [2.75, 3.05) is 7.11 Å². The van der Waals surface area contributed by atoms with E-state index in [-0.39, 0.29) is 5.75 Å². The predicted molar refractivity (Wildman–Crippen MR) is 98.9 cm³/mol. The van der Waals surface area contributed by atoms with Gasteiger partial charge in [0.05, 0.1) is 7.11 Å². The summed E-state index contributed by atoms with van der Waals surface area (Å²) in [4.78, 5) is 0. The Labute approximate surface area is 142 Å². The fourth-order valence-electron chi connectivity index (χ4n) is 2.69. The van der Waals surface area contributed by atoms with Crippen LogP contribution in [0, 0.1) is 0 Å². The maximum atomic E-state index is 12.9. The number of phenolic OH excluding ortho intramolecular Hbond substituents is 1. The summed E-state index contributed by atoms with van der Waals surface area (Å²) in [5, 5.41) is 10.9. The van der Waals surface area contributed by atoms with Crippen molar-refractivity contribution in [3.63, 3.8) is 0 Å². The second-order valence-corrected chi connectivity index (χ2v) is 7.25. The van der Waals surface area contributed by atoms with Crippen LogP contribution >= 0.6 is 7.80 Å². The van der Waals surface area contributed by atoms with Gasteiger partial charge in [-0.05, 0) is 29.3 Å². The highest BCUT2D eigenvalue weighted by molar-refractivity contribution is 7.53. The molecule has 0 spiro atoms. The summed E-state index contributed by atoms with van der Waals surface area (Å²) < 4.78 is 18.1. The van der Waals surface area contributed by atoms with Crippen LogP contribution in [0.15, 0.2) is 72.8 Å². The fraction of sp³-hybridized carbons (Fsp3) is 0.100. The molecule has 0 heterocycles. The standard InChI is InChI=1S/C20H19O3P/c1-23-16-12-10-15(11-13-16)14-24(22)20-9-5-3-7-18(20)17-6-2-4-8-19(17)21/h2-13,21,24H,14H2,1H3. The molecule has 0 fully saturated rings. The van der Waals surface area contributed by atoms with Gasteiger partial charge < -0.3 is 14.4 Å². The van der Waals surface area contributed by atoms with E-state index >= 15 is 0 Å². The third kappa shape index (κ3) is 3.52. The normalized spacial score (nSPS) is 11.9. The van der Waals surface area contributed by atoms with Crippen LogP contribution in [-0.4, -0.2) is 12.2 Å². The molecular weight excluding hydrogens is 319 g/mol. The lowest BCUT2D eigenvalue weighted by atomic mass is 10.0. The second kappa shape index (κ2) is 7.37. The van der Waals surface area contributed by atoms with Gasteiger partial charge in [-0.1, -0.05) is 54.6 Å². The lowest BCUT2D eigenvalue weighted by Crippen LogP contribution is -2.02. The lowest BCUT2D eigenvalue weighted by molar-refractivity contribution is 0.414. The van der Waals surface area contributed by atoms with Gasteiger partial charge in [0, 0.05) is 17.0 Å². The van der Waals surface area contributed by atoms with Crippen molar-refractivity contribution in [1.82, 2.24) is 0 Å². The third-order valence-corrected chi connectivity index (χ3v) is 5.71. The first-order valence-electron chi connectivity index (χ1n) is 7.72. The molecule has 0 saturated heterocycles. The Morgan fingerprint density at radius 1 is 0.875 bits per heavy atom. The summed E-state index contributed by atoms with van der Waals surface area (Å²) >= 11 is 0. The van der Waals surface area contributed by atoms with E-state index in [0.717, 1.165) is 22.2 Å². The topological polar surface area (TPSA) is 46.5 Å². The maximum absolute atomic E-state index is 12.9. The highest BCUT2D eigenvalue weighted by Gasteiger charge is 2.13. The van der Waals surface area contributed by atoms with Gasteiger partial charge in [-0.15, -0.1) is 0 Å². The van der Waals surface area contributed by atoms with Crippen molar-refractivity contribution < 1.29 is 14.4 Å². The summed E-state index contributed by atoms with van der Waals surface area (Å²) in [5.74, 6) is 0.984. The van der Waals surface area contributed by atoms with E-state index in [1.165, 1.54) is 0 Å². The van der Waals surface area contributed by atoms with Crippen molar-refractivity contribution in [3.05, 3.63) is 78.4 Å². The van der Waals surface area contributed by atoms with Crippen molar-refractivity contribution in [2.24, 2.45) is 0 Å². The molecule has 0 aliphatic rings. The number of methoxy groups -OCH3 is 1. The Kier molecular flexibility index (Phi) is 5.02. The number of hydrogen-bond acceptors (Lipinski definition) is 3. The molecule has 3 aromatic carbocycles. The zero-order valence-electron chi connectivity index (χ0n) is 13.4. The Morgan fingerprint density at radius 2 is 1.50 bits per heavy atom. The highest BCUT2D eigenvalue weighted by atomic mass is 31.1. The van der Waals surface area contributed by atoms with Crippen LogP contribution in [0.25, 0.3) is 11.1 Å². The van der Waals surface area contributed by atoms with E-state index in [2.05, 4.69) is 0 Å². The van der Waals surface area contributed by atoms with E-state index < -0.39 is 7.80 Å². The van der Waals surface area contributed by atoms with Crippen LogP contribution in [0.1, 0.15) is 5.56 Å². The van der Waals surface area contributed by atoms with Crippen LogP contribution in [-0.2, 0) is 10.7 Å². The molecule has 4 heteroatoms. The predicted octanol–water partition coefficient (Wildman–Crippen LogP) is 4.45. The van der Waals surface area contributed by atoms with E-state index in [0.29, 0.717) is 11.7 Å². The first-order valence-corrected chi connectivity index (χ1v) is 9.34. The molecule has 3 nitrogen and oxygen atoms in total. The largest absolute Gasteiger partial charge is 0.507 e. The fourth-order valence-corrected chi connectivity index (χ4v) is 4.28. The van der Waals surface area contributed by atoms with Crippen molar-refractivity contribution >= 4 is 13.1 Å². The molecule has 0 aromatic heterocycles. The molecule has 0 aliphatic heterocycles. The van der Waals surface area contributed by atoms with Crippen LogP contribution in [0.2, 0.25) is 0 Å². The van der Waals surface area contributed by atoms with Crippen LogP contribution in [0.5, 0.6) is 11.5 Å². The molecule has 3 rings (SSSR count). The van der Waals surface area contributed by atoms with Crippen LogP contribution in [0.4, 0.5) is 0 Å². The van der Waals surface area contributed by atoms with Crippen molar-refractivity contribution in [1.29, 1.82) is 0 Å². The molecular formula is C20H19O3P.